The van der Waals surface area contributed by atoms with Crippen molar-refractivity contribution in [3.05, 3.63) is 53.6 Å². The average Bonchev–Trinajstić information content (AvgIpc) is 2.38. The molecule has 0 aliphatic rings. The van der Waals surface area contributed by atoms with Crippen molar-refractivity contribution in [2.24, 2.45) is 5.73 Å². The van der Waals surface area contributed by atoms with Crippen LogP contribution in [0.15, 0.2) is 48.0 Å². The molecule has 0 heterocycles. The van der Waals surface area contributed by atoms with E-state index in [0.717, 1.165) is 11.3 Å². The van der Waals surface area contributed by atoms with Gasteiger partial charge in [0.1, 0.15) is 12.4 Å². The monoisotopic (exact) mass is 241 g/mol. The molecule has 0 unspecified atom stereocenters. The summed E-state index contributed by atoms with van der Waals surface area (Å²) in [6.45, 7) is 5.21. The SMILES string of the molecule is CC(C)=CCOc1ccc2ccccc2c1CN. The minimum atomic E-state index is 0.492. The van der Waals surface area contributed by atoms with Crippen molar-refractivity contribution in [3.8, 4) is 5.75 Å². The quantitative estimate of drug-likeness (QED) is 0.829. The van der Waals surface area contributed by atoms with Crippen molar-refractivity contribution in [2.75, 3.05) is 6.61 Å². The summed E-state index contributed by atoms with van der Waals surface area (Å²) in [5.74, 6) is 0.883. The van der Waals surface area contributed by atoms with Crippen LogP contribution in [-0.4, -0.2) is 6.61 Å². The summed E-state index contributed by atoms with van der Waals surface area (Å²) in [5.41, 5.74) is 8.19. The third kappa shape index (κ3) is 2.71. The molecule has 0 atom stereocenters. The van der Waals surface area contributed by atoms with E-state index in [1.165, 1.54) is 16.3 Å². The Morgan fingerprint density at radius 1 is 1.17 bits per heavy atom. The number of benzene rings is 2. The van der Waals surface area contributed by atoms with Crippen LogP contribution in [0.25, 0.3) is 10.8 Å². The van der Waals surface area contributed by atoms with Crippen LogP contribution < -0.4 is 10.5 Å². The van der Waals surface area contributed by atoms with Gasteiger partial charge in [-0.15, -0.1) is 0 Å². The van der Waals surface area contributed by atoms with E-state index >= 15 is 0 Å². The summed E-state index contributed by atoms with van der Waals surface area (Å²) in [5, 5.41) is 2.38. The summed E-state index contributed by atoms with van der Waals surface area (Å²) in [6, 6.07) is 12.3. The molecule has 0 aromatic heterocycles. The van der Waals surface area contributed by atoms with Crippen molar-refractivity contribution in [2.45, 2.75) is 20.4 Å². The Kier molecular flexibility index (Phi) is 4.00. The van der Waals surface area contributed by atoms with Gasteiger partial charge in [0.25, 0.3) is 0 Å². The molecule has 0 fully saturated rings. The third-order valence-corrected chi connectivity index (χ3v) is 2.93. The van der Waals surface area contributed by atoms with E-state index in [1.54, 1.807) is 0 Å². The van der Waals surface area contributed by atoms with Crippen LogP contribution in [-0.2, 0) is 6.54 Å². The number of nitrogens with two attached hydrogens (primary N) is 1. The first-order chi connectivity index (χ1) is 8.72. The molecule has 0 radical (unpaired) electrons. The lowest BCUT2D eigenvalue weighted by Crippen LogP contribution is -2.03. The van der Waals surface area contributed by atoms with E-state index < -0.39 is 0 Å². The minimum absolute atomic E-state index is 0.492. The van der Waals surface area contributed by atoms with Gasteiger partial charge in [-0.3, -0.25) is 0 Å². The molecule has 0 aliphatic carbocycles. The normalized spacial score (nSPS) is 10.4. The molecule has 2 N–H and O–H groups in total. The topological polar surface area (TPSA) is 35.2 Å². The molecule has 0 saturated carbocycles. The maximum atomic E-state index is 5.85. The van der Waals surface area contributed by atoms with Gasteiger partial charge >= 0.3 is 0 Å². The van der Waals surface area contributed by atoms with Crippen LogP contribution in [0, 0.1) is 0 Å². The Bertz CT molecular complexity index is 568. The molecule has 2 heteroatoms. The van der Waals surface area contributed by atoms with Gasteiger partial charge in [-0.05, 0) is 36.8 Å². The Morgan fingerprint density at radius 2 is 1.94 bits per heavy atom. The molecule has 2 nitrogen and oxygen atoms in total. The highest BCUT2D eigenvalue weighted by Gasteiger charge is 2.06. The van der Waals surface area contributed by atoms with Crippen LogP contribution in [0.5, 0.6) is 5.75 Å². The van der Waals surface area contributed by atoms with Crippen molar-refractivity contribution in [1.82, 2.24) is 0 Å². The summed E-state index contributed by atoms with van der Waals surface area (Å²) in [7, 11) is 0. The number of rotatable bonds is 4. The van der Waals surface area contributed by atoms with Gasteiger partial charge in [0.2, 0.25) is 0 Å². The zero-order valence-electron chi connectivity index (χ0n) is 10.9. The second kappa shape index (κ2) is 5.69. The molecule has 0 spiro atoms. The Balaban J connectivity index is 2.36. The first-order valence-electron chi connectivity index (χ1n) is 6.19. The van der Waals surface area contributed by atoms with Crippen LogP contribution in [0.1, 0.15) is 19.4 Å². The predicted octanol–water partition coefficient (Wildman–Crippen LogP) is 3.64. The smallest absolute Gasteiger partial charge is 0.124 e. The molecule has 2 aromatic carbocycles. The van der Waals surface area contributed by atoms with Crippen molar-refractivity contribution in [1.29, 1.82) is 0 Å². The fourth-order valence-corrected chi connectivity index (χ4v) is 1.96. The molecular weight excluding hydrogens is 222 g/mol. The van der Waals surface area contributed by atoms with Gasteiger partial charge in [0.05, 0.1) is 0 Å². The van der Waals surface area contributed by atoms with E-state index in [1.807, 2.05) is 18.2 Å². The highest BCUT2D eigenvalue weighted by atomic mass is 16.5. The Morgan fingerprint density at radius 3 is 2.67 bits per heavy atom. The lowest BCUT2D eigenvalue weighted by Gasteiger charge is -2.12. The molecule has 94 valence electrons. The molecular formula is C16H19NO. The van der Waals surface area contributed by atoms with E-state index in [2.05, 4.69) is 38.1 Å². The van der Waals surface area contributed by atoms with E-state index in [9.17, 15) is 0 Å². The first kappa shape index (κ1) is 12.7. The van der Waals surface area contributed by atoms with Crippen LogP contribution in [0.2, 0.25) is 0 Å². The number of ether oxygens (including phenoxy) is 1. The summed E-state index contributed by atoms with van der Waals surface area (Å²) >= 11 is 0. The molecule has 0 saturated heterocycles. The fraction of sp³-hybridized carbons (Fsp3) is 0.250. The number of hydrogen-bond acceptors (Lipinski definition) is 2. The summed E-state index contributed by atoms with van der Waals surface area (Å²) < 4.78 is 5.79. The maximum absolute atomic E-state index is 5.85. The second-order valence-corrected chi connectivity index (χ2v) is 4.56. The van der Waals surface area contributed by atoms with E-state index in [4.69, 9.17) is 10.5 Å². The van der Waals surface area contributed by atoms with Gasteiger partial charge in [-0.2, -0.15) is 0 Å². The predicted molar refractivity (Wildman–Crippen MR) is 76.8 cm³/mol. The lowest BCUT2D eigenvalue weighted by molar-refractivity contribution is 0.359. The van der Waals surface area contributed by atoms with E-state index in [-0.39, 0.29) is 0 Å². The molecule has 0 aliphatic heterocycles. The van der Waals surface area contributed by atoms with E-state index in [0.29, 0.717) is 13.2 Å². The number of fused-ring (bicyclic) bond motifs is 1. The molecule has 0 bridgehead atoms. The van der Waals surface area contributed by atoms with Crippen LogP contribution in [0.4, 0.5) is 0 Å². The lowest BCUT2D eigenvalue weighted by atomic mass is 10.0. The summed E-state index contributed by atoms with van der Waals surface area (Å²) in [6.07, 6.45) is 2.06. The summed E-state index contributed by atoms with van der Waals surface area (Å²) in [4.78, 5) is 0. The Labute approximate surface area is 108 Å². The molecule has 18 heavy (non-hydrogen) atoms. The van der Waals surface area contributed by atoms with Gasteiger partial charge < -0.3 is 10.5 Å². The highest BCUT2D eigenvalue weighted by molar-refractivity contribution is 5.87. The largest absolute Gasteiger partial charge is 0.489 e. The van der Waals surface area contributed by atoms with Gasteiger partial charge in [0.15, 0.2) is 0 Å². The fourth-order valence-electron chi connectivity index (χ4n) is 1.96. The second-order valence-electron chi connectivity index (χ2n) is 4.56. The zero-order chi connectivity index (χ0) is 13.0. The zero-order valence-corrected chi connectivity index (χ0v) is 10.9. The van der Waals surface area contributed by atoms with Gasteiger partial charge in [0, 0.05) is 12.1 Å². The van der Waals surface area contributed by atoms with Crippen molar-refractivity contribution >= 4 is 10.8 Å². The Hall–Kier alpha value is -1.80. The van der Waals surface area contributed by atoms with Crippen molar-refractivity contribution in [3.63, 3.8) is 0 Å². The standard InChI is InChI=1S/C16H19NO/c1-12(2)9-10-18-16-8-7-13-5-3-4-6-14(13)15(16)11-17/h3-9H,10-11,17H2,1-2H3. The molecule has 2 aromatic rings. The minimum Gasteiger partial charge on any atom is -0.489 e. The first-order valence-corrected chi connectivity index (χ1v) is 6.19. The van der Waals surface area contributed by atoms with Crippen LogP contribution >= 0.6 is 0 Å². The van der Waals surface area contributed by atoms with Gasteiger partial charge in [-0.1, -0.05) is 35.9 Å². The average molecular weight is 241 g/mol. The maximum Gasteiger partial charge on any atom is 0.124 e. The molecule has 2 rings (SSSR count). The molecule has 0 amide bonds. The van der Waals surface area contributed by atoms with Crippen LogP contribution in [0.3, 0.4) is 0 Å². The number of allylic oxidation sites excluding steroid dienone is 1. The highest BCUT2D eigenvalue weighted by Crippen LogP contribution is 2.27. The van der Waals surface area contributed by atoms with Crippen molar-refractivity contribution < 1.29 is 4.74 Å². The number of hydrogen-bond donors (Lipinski definition) is 1. The third-order valence-electron chi connectivity index (χ3n) is 2.93. The van der Waals surface area contributed by atoms with Gasteiger partial charge in [-0.25, -0.2) is 0 Å².